The Hall–Kier alpha value is -1.35. The molecule has 0 aliphatic carbocycles. The molecular weight excluding hydrogens is 238 g/mol. The number of likely N-dealkylation sites (N-methyl/N-ethyl adjacent to an activating group) is 1. The van der Waals surface area contributed by atoms with Gasteiger partial charge in [-0.3, -0.25) is 9.69 Å². The average molecular weight is 263 g/mol. The summed E-state index contributed by atoms with van der Waals surface area (Å²) in [7, 11) is 1.91. The lowest BCUT2D eigenvalue weighted by Crippen LogP contribution is -2.40. The zero-order valence-electron chi connectivity index (χ0n) is 12.4. The Labute approximate surface area is 116 Å². The number of nitrogens with zero attached hydrogens (tertiary/aromatic N) is 1. The molecule has 2 unspecified atom stereocenters. The van der Waals surface area contributed by atoms with Crippen LogP contribution in [0.25, 0.3) is 0 Å². The molecule has 0 aliphatic heterocycles. The first kappa shape index (κ1) is 15.7. The average Bonchev–Trinajstić information content (AvgIpc) is 2.40. The summed E-state index contributed by atoms with van der Waals surface area (Å²) in [6.07, 6.45) is 2.56. The normalized spacial score (nSPS) is 14.4. The highest BCUT2D eigenvalue weighted by Gasteiger charge is 2.26. The van der Waals surface area contributed by atoms with Crippen molar-refractivity contribution in [2.75, 3.05) is 7.05 Å². The number of benzene rings is 1. The van der Waals surface area contributed by atoms with E-state index in [4.69, 9.17) is 0 Å². The van der Waals surface area contributed by atoms with Crippen LogP contribution in [0.2, 0.25) is 0 Å². The van der Waals surface area contributed by atoms with Crippen molar-refractivity contribution in [2.24, 2.45) is 0 Å². The van der Waals surface area contributed by atoms with E-state index in [1.54, 1.807) is 0 Å². The van der Waals surface area contributed by atoms with Crippen molar-refractivity contribution in [3.05, 3.63) is 35.4 Å². The highest BCUT2D eigenvalue weighted by Crippen LogP contribution is 2.26. The minimum Gasteiger partial charge on any atom is -0.480 e. The van der Waals surface area contributed by atoms with Gasteiger partial charge >= 0.3 is 5.97 Å². The second kappa shape index (κ2) is 7.29. The molecule has 19 heavy (non-hydrogen) atoms. The van der Waals surface area contributed by atoms with Crippen LogP contribution >= 0.6 is 0 Å². The Bertz CT molecular complexity index is 400. The number of carboxylic acids is 1. The maximum atomic E-state index is 11.3. The second-order valence-electron chi connectivity index (χ2n) is 4.95. The third-order valence-corrected chi connectivity index (χ3v) is 3.81. The van der Waals surface area contributed by atoms with Crippen molar-refractivity contribution >= 4 is 5.97 Å². The number of hydrogen-bond donors (Lipinski definition) is 1. The van der Waals surface area contributed by atoms with Crippen molar-refractivity contribution in [2.45, 2.75) is 52.1 Å². The number of hydrogen-bond acceptors (Lipinski definition) is 2. The van der Waals surface area contributed by atoms with Crippen LogP contribution < -0.4 is 0 Å². The van der Waals surface area contributed by atoms with E-state index in [0.717, 1.165) is 12.8 Å². The van der Waals surface area contributed by atoms with E-state index in [9.17, 15) is 9.90 Å². The van der Waals surface area contributed by atoms with Crippen molar-refractivity contribution in [3.8, 4) is 0 Å². The van der Waals surface area contributed by atoms with Crippen molar-refractivity contribution < 1.29 is 9.90 Å². The molecule has 0 aromatic heterocycles. The van der Waals surface area contributed by atoms with E-state index in [2.05, 4.69) is 38.1 Å². The summed E-state index contributed by atoms with van der Waals surface area (Å²) in [5, 5.41) is 9.28. The van der Waals surface area contributed by atoms with E-state index < -0.39 is 12.0 Å². The van der Waals surface area contributed by atoms with Crippen LogP contribution in [-0.2, 0) is 11.2 Å². The Morgan fingerprint density at radius 3 is 2.11 bits per heavy atom. The van der Waals surface area contributed by atoms with E-state index >= 15 is 0 Å². The molecule has 0 spiro atoms. The number of rotatable bonds is 7. The first-order valence-corrected chi connectivity index (χ1v) is 7.08. The van der Waals surface area contributed by atoms with E-state index in [1.165, 1.54) is 11.1 Å². The molecule has 1 aromatic carbocycles. The number of aliphatic carboxylic acids is 1. The minimum absolute atomic E-state index is 0.159. The molecule has 0 amide bonds. The Morgan fingerprint density at radius 2 is 1.74 bits per heavy atom. The van der Waals surface area contributed by atoms with Gasteiger partial charge in [0.2, 0.25) is 0 Å². The zero-order chi connectivity index (χ0) is 14.4. The highest BCUT2D eigenvalue weighted by atomic mass is 16.4. The standard InChI is InChI=1S/C16H25NO2/c1-5-12-8-10-13(11-9-12)14(6-2)17(4)15(7-3)16(18)19/h8-11,14-15H,5-7H2,1-4H3,(H,18,19). The van der Waals surface area contributed by atoms with E-state index in [-0.39, 0.29) is 6.04 Å². The molecule has 1 rings (SSSR count). The third kappa shape index (κ3) is 3.80. The van der Waals surface area contributed by atoms with Crippen LogP contribution in [0.5, 0.6) is 0 Å². The van der Waals surface area contributed by atoms with Gasteiger partial charge in [-0.1, -0.05) is 45.0 Å². The van der Waals surface area contributed by atoms with Crippen LogP contribution in [0, 0.1) is 0 Å². The Kier molecular flexibility index (Phi) is 6.03. The lowest BCUT2D eigenvalue weighted by atomic mass is 9.99. The summed E-state index contributed by atoms with van der Waals surface area (Å²) >= 11 is 0. The molecule has 0 radical (unpaired) electrons. The van der Waals surface area contributed by atoms with Gasteiger partial charge in [-0.25, -0.2) is 0 Å². The molecule has 0 fully saturated rings. The lowest BCUT2D eigenvalue weighted by molar-refractivity contribution is -0.143. The number of aryl methyl sites for hydroxylation is 1. The molecular formula is C16H25NO2. The summed E-state index contributed by atoms with van der Waals surface area (Å²) in [5.41, 5.74) is 2.51. The van der Waals surface area contributed by atoms with Crippen molar-refractivity contribution in [1.82, 2.24) is 4.90 Å². The van der Waals surface area contributed by atoms with Gasteiger partial charge < -0.3 is 5.11 Å². The monoisotopic (exact) mass is 263 g/mol. The van der Waals surface area contributed by atoms with Gasteiger partial charge in [-0.2, -0.15) is 0 Å². The predicted molar refractivity (Wildman–Crippen MR) is 78.3 cm³/mol. The van der Waals surface area contributed by atoms with Gasteiger partial charge in [0, 0.05) is 6.04 Å². The maximum absolute atomic E-state index is 11.3. The first-order chi connectivity index (χ1) is 9.04. The van der Waals surface area contributed by atoms with Crippen LogP contribution in [0.1, 0.15) is 50.8 Å². The topological polar surface area (TPSA) is 40.5 Å². The van der Waals surface area contributed by atoms with Crippen LogP contribution in [-0.4, -0.2) is 29.1 Å². The summed E-state index contributed by atoms with van der Waals surface area (Å²) in [6.45, 7) is 6.15. The van der Waals surface area contributed by atoms with Gasteiger partial charge in [-0.05, 0) is 37.4 Å². The minimum atomic E-state index is -0.742. The van der Waals surface area contributed by atoms with Gasteiger partial charge in [0.15, 0.2) is 0 Å². The molecule has 3 nitrogen and oxygen atoms in total. The molecule has 0 bridgehead atoms. The molecule has 1 aromatic rings. The molecule has 3 heteroatoms. The summed E-state index contributed by atoms with van der Waals surface area (Å²) in [5.74, 6) is -0.742. The molecule has 1 N–H and O–H groups in total. The second-order valence-corrected chi connectivity index (χ2v) is 4.95. The van der Waals surface area contributed by atoms with E-state index in [1.807, 2.05) is 18.9 Å². The molecule has 2 atom stereocenters. The number of carboxylic acid groups (broad SMARTS) is 1. The summed E-state index contributed by atoms with van der Waals surface area (Å²) < 4.78 is 0. The third-order valence-electron chi connectivity index (χ3n) is 3.81. The van der Waals surface area contributed by atoms with Crippen LogP contribution in [0.4, 0.5) is 0 Å². The van der Waals surface area contributed by atoms with Crippen LogP contribution in [0.15, 0.2) is 24.3 Å². The van der Waals surface area contributed by atoms with Gasteiger partial charge in [-0.15, -0.1) is 0 Å². The smallest absolute Gasteiger partial charge is 0.320 e. The van der Waals surface area contributed by atoms with Crippen molar-refractivity contribution in [3.63, 3.8) is 0 Å². The van der Waals surface area contributed by atoms with Gasteiger partial charge in [0.05, 0.1) is 0 Å². The quantitative estimate of drug-likeness (QED) is 0.818. The van der Waals surface area contributed by atoms with Crippen molar-refractivity contribution in [1.29, 1.82) is 0 Å². The lowest BCUT2D eigenvalue weighted by Gasteiger charge is -2.32. The maximum Gasteiger partial charge on any atom is 0.320 e. The highest BCUT2D eigenvalue weighted by molar-refractivity contribution is 5.73. The fourth-order valence-electron chi connectivity index (χ4n) is 2.59. The molecule has 106 valence electrons. The molecule has 0 heterocycles. The predicted octanol–water partition coefficient (Wildman–Crippen LogP) is 3.50. The SMILES string of the molecule is CCc1ccc(C(CC)N(C)C(CC)C(=O)O)cc1. The zero-order valence-corrected chi connectivity index (χ0v) is 12.4. The number of carbonyl (C=O) groups is 1. The fourth-order valence-corrected chi connectivity index (χ4v) is 2.59. The largest absolute Gasteiger partial charge is 0.480 e. The van der Waals surface area contributed by atoms with Gasteiger partial charge in [0.25, 0.3) is 0 Å². The van der Waals surface area contributed by atoms with E-state index in [0.29, 0.717) is 6.42 Å². The molecule has 0 aliphatic rings. The van der Waals surface area contributed by atoms with Crippen LogP contribution in [0.3, 0.4) is 0 Å². The Morgan fingerprint density at radius 1 is 1.16 bits per heavy atom. The fraction of sp³-hybridized carbons (Fsp3) is 0.562. The molecule has 0 saturated carbocycles. The van der Waals surface area contributed by atoms with Gasteiger partial charge in [0.1, 0.15) is 6.04 Å². The first-order valence-electron chi connectivity index (χ1n) is 7.08. The summed E-state index contributed by atoms with van der Waals surface area (Å²) in [6, 6.07) is 8.25. The molecule has 0 saturated heterocycles. The Balaban J connectivity index is 2.94. The summed E-state index contributed by atoms with van der Waals surface area (Å²) in [4.78, 5) is 13.3.